The number of carbonyl (C=O) groups excluding carboxylic acids is 2. The molecule has 1 aliphatic carbocycles. The highest BCUT2D eigenvalue weighted by Gasteiger charge is 2.29. The molecule has 140 valence electrons. The Morgan fingerprint density at radius 2 is 1.85 bits per heavy atom. The number of hydrogen-bond donors (Lipinski definition) is 2. The number of hydrogen-bond acceptors (Lipinski definition) is 4. The van der Waals surface area contributed by atoms with Gasteiger partial charge in [-0.05, 0) is 49.6 Å². The normalized spacial score (nSPS) is 14.3. The lowest BCUT2D eigenvalue weighted by Gasteiger charge is -2.15. The maximum absolute atomic E-state index is 12.4. The van der Waals surface area contributed by atoms with Gasteiger partial charge in [-0.1, -0.05) is 23.7 Å². The summed E-state index contributed by atoms with van der Waals surface area (Å²) in [4.78, 5) is 34.7. The Morgan fingerprint density at radius 1 is 1.19 bits per heavy atom. The lowest BCUT2D eigenvalue weighted by Crippen LogP contribution is -2.27. The Morgan fingerprint density at radius 3 is 2.44 bits per heavy atom. The molecule has 0 heterocycles. The zero-order chi connectivity index (χ0) is 19.6. The third-order valence-electron chi connectivity index (χ3n) is 4.38. The summed E-state index contributed by atoms with van der Waals surface area (Å²) in [6.07, 6.45) is 1.87. The van der Waals surface area contributed by atoms with Gasteiger partial charge in [-0.2, -0.15) is 0 Å². The number of nitro benzene ring substituents is 1. The third-order valence-corrected chi connectivity index (χ3v) is 4.61. The van der Waals surface area contributed by atoms with Crippen molar-refractivity contribution in [3.05, 3.63) is 68.7 Å². The summed E-state index contributed by atoms with van der Waals surface area (Å²) in [5.41, 5.74) is 1.11. The van der Waals surface area contributed by atoms with Crippen LogP contribution in [0.4, 0.5) is 11.4 Å². The van der Waals surface area contributed by atoms with Crippen molar-refractivity contribution < 1.29 is 14.5 Å². The minimum absolute atomic E-state index is 0.0270. The standard InChI is InChI=1S/C19H18ClN3O4/c1-11(12-4-7-15(8-5-12)22-18(24)13-2-3-13)21-19(25)16-9-6-14(20)10-17(16)23(26)27/h4-11,13H,2-3H2,1H3,(H,21,25)(H,22,24). The number of anilines is 1. The molecule has 1 fully saturated rings. The van der Waals surface area contributed by atoms with E-state index in [4.69, 9.17) is 11.6 Å². The average Bonchev–Trinajstić information content (AvgIpc) is 3.47. The van der Waals surface area contributed by atoms with E-state index in [0.717, 1.165) is 24.5 Å². The molecule has 0 spiro atoms. The molecule has 2 amide bonds. The second kappa shape index (κ2) is 7.75. The van der Waals surface area contributed by atoms with Crippen LogP contribution in [0, 0.1) is 16.0 Å². The van der Waals surface area contributed by atoms with E-state index in [1.165, 1.54) is 12.1 Å². The fourth-order valence-electron chi connectivity index (χ4n) is 2.65. The maximum Gasteiger partial charge on any atom is 0.283 e. The highest BCUT2D eigenvalue weighted by molar-refractivity contribution is 6.31. The largest absolute Gasteiger partial charge is 0.345 e. The van der Waals surface area contributed by atoms with Gasteiger partial charge >= 0.3 is 0 Å². The fraction of sp³-hybridized carbons (Fsp3) is 0.263. The van der Waals surface area contributed by atoms with Crippen LogP contribution in [0.2, 0.25) is 5.02 Å². The van der Waals surface area contributed by atoms with Crippen LogP contribution in [-0.4, -0.2) is 16.7 Å². The average molecular weight is 388 g/mol. The number of benzene rings is 2. The minimum atomic E-state index is -0.636. The number of halogens is 1. The molecular weight excluding hydrogens is 370 g/mol. The maximum atomic E-state index is 12.4. The highest BCUT2D eigenvalue weighted by atomic mass is 35.5. The van der Waals surface area contributed by atoms with Crippen LogP contribution in [0.15, 0.2) is 42.5 Å². The van der Waals surface area contributed by atoms with Gasteiger partial charge in [0.1, 0.15) is 5.56 Å². The summed E-state index contributed by atoms with van der Waals surface area (Å²) >= 11 is 5.78. The van der Waals surface area contributed by atoms with Gasteiger partial charge in [0.25, 0.3) is 11.6 Å². The molecule has 27 heavy (non-hydrogen) atoms. The molecule has 8 heteroatoms. The van der Waals surface area contributed by atoms with Gasteiger partial charge in [0.05, 0.1) is 11.0 Å². The van der Waals surface area contributed by atoms with Crippen LogP contribution in [0.3, 0.4) is 0 Å². The van der Waals surface area contributed by atoms with Crippen molar-refractivity contribution in [2.45, 2.75) is 25.8 Å². The topological polar surface area (TPSA) is 101 Å². The van der Waals surface area contributed by atoms with Crippen molar-refractivity contribution in [1.82, 2.24) is 5.32 Å². The summed E-state index contributed by atoms with van der Waals surface area (Å²) in [5.74, 6) is -0.408. The number of rotatable bonds is 6. The van der Waals surface area contributed by atoms with Gasteiger partial charge in [-0.15, -0.1) is 0 Å². The van der Waals surface area contributed by atoms with Crippen LogP contribution in [0.1, 0.15) is 41.7 Å². The molecule has 7 nitrogen and oxygen atoms in total. The van der Waals surface area contributed by atoms with E-state index in [-0.39, 0.29) is 34.1 Å². The first kappa shape index (κ1) is 18.8. The van der Waals surface area contributed by atoms with Crippen molar-refractivity contribution in [3.63, 3.8) is 0 Å². The number of nitrogens with one attached hydrogen (secondary N) is 2. The summed E-state index contributed by atoms with van der Waals surface area (Å²) in [6, 6.07) is 10.7. The summed E-state index contributed by atoms with van der Waals surface area (Å²) in [5, 5.41) is 16.9. The van der Waals surface area contributed by atoms with Crippen LogP contribution >= 0.6 is 11.6 Å². The molecule has 0 saturated heterocycles. The first-order chi connectivity index (χ1) is 12.8. The summed E-state index contributed by atoms with van der Waals surface area (Å²) < 4.78 is 0. The van der Waals surface area contributed by atoms with E-state index in [1.54, 1.807) is 31.2 Å². The van der Waals surface area contributed by atoms with Gasteiger partial charge in [0.15, 0.2) is 0 Å². The molecule has 2 aromatic carbocycles. The predicted octanol–water partition coefficient (Wildman–Crippen LogP) is 4.09. The Labute approximate surface area is 160 Å². The van der Waals surface area contributed by atoms with E-state index in [1.807, 2.05) is 0 Å². The second-order valence-electron chi connectivity index (χ2n) is 6.50. The number of nitro groups is 1. The molecule has 0 radical (unpaired) electrons. The van der Waals surface area contributed by atoms with E-state index >= 15 is 0 Å². The zero-order valence-electron chi connectivity index (χ0n) is 14.6. The quantitative estimate of drug-likeness (QED) is 0.575. The monoisotopic (exact) mass is 387 g/mol. The van der Waals surface area contributed by atoms with E-state index in [0.29, 0.717) is 5.69 Å². The van der Waals surface area contributed by atoms with Gasteiger partial charge in [-0.25, -0.2) is 0 Å². The van der Waals surface area contributed by atoms with Crippen molar-refractivity contribution in [2.75, 3.05) is 5.32 Å². The smallest absolute Gasteiger partial charge is 0.283 e. The van der Waals surface area contributed by atoms with Crippen molar-refractivity contribution >= 4 is 34.8 Å². The molecule has 1 unspecified atom stereocenters. The lowest BCUT2D eigenvalue weighted by molar-refractivity contribution is -0.385. The van der Waals surface area contributed by atoms with Gasteiger partial charge < -0.3 is 10.6 Å². The Hall–Kier alpha value is -2.93. The van der Waals surface area contributed by atoms with E-state index < -0.39 is 10.8 Å². The Kier molecular flexibility index (Phi) is 5.41. The SMILES string of the molecule is CC(NC(=O)c1ccc(Cl)cc1[N+](=O)[O-])c1ccc(NC(=O)C2CC2)cc1. The van der Waals surface area contributed by atoms with Gasteiger partial charge in [0, 0.05) is 22.7 Å². The Balaban J connectivity index is 1.67. The molecule has 0 aromatic heterocycles. The Bertz CT molecular complexity index is 894. The van der Waals surface area contributed by atoms with Gasteiger partial charge in [-0.3, -0.25) is 19.7 Å². The summed E-state index contributed by atoms with van der Waals surface area (Å²) in [6.45, 7) is 1.78. The first-order valence-corrected chi connectivity index (χ1v) is 8.88. The van der Waals surface area contributed by atoms with Crippen molar-refractivity contribution in [3.8, 4) is 0 Å². The van der Waals surface area contributed by atoms with Crippen LogP contribution in [0.25, 0.3) is 0 Å². The molecule has 2 N–H and O–H groups in total. The predicted molar refractivity (Wildman–Crippen MR) is 102 cm³/mol. The molecule has 2 aromatic rings. The molecule has 1 aliphatic rings. The van der Waals surface area contributed by atoms with Crippen molar-refractivity contribution in [2.24, 2.45) is 5.92 Å². The van der Waals surface area contributed by atoms with E-state index in [9.17, 15) is 19.7 Å². The minimum Gasteiger partial charge on any atom is -0.345 e. The zero-order valence-corrected chi connectivity index (χ0v) is 15.3. The number of nitrogens with zero attached hydrogens (tertiary/aromatic N) is 1. The highest BCUT2D eigenvalue weighted by Crippen LogP contribution is 2.30. The molecule has 0 aliphatic heterocycles. The fourth-order valence-corrected chi connectivity index (χ4v) is 2.82. The third kappa shape index (κ3) is 4.62. The molecule has 1 atom stereocenters. The molecule has 1 saturated carbocycles. The molecule has 0 bridgehead atoms. The van der Waals surface area contributed by atoms with Crippen LogP contribution < -0.4 is 10.6 Å². The number of carbonyl (C=O) groups is 2. The summed E-state index contributed by atoms with van der Waals surface area (Å²) in [7, 11) is 0. The van der Waals surface area contributed by atoms with Gasteiger partial charge in [0.2, 0.25) is 5.91 Å². The van der Waals surface area contributed by atoms with Crippen LogP contribution in [0.5, 0.6) is 0 Å². The molecule has 3 rings (SSSR count). The van der Waals surface area contributed by atoms with E-state index in [2.05, 4.69) is 10.6 Å². The van der Waals surface area contributed by atoms with Crippen molar-refractivity contribution in [1.29, 1.82) is 0 Å². The molecular formula is C19H18ClN3O4. The number of amides is 2. The van der Waals surface area contributed by atoms with Crippen LogP contribution in [-0.2, 0) is 4.79 Å². The first-order valence-electron chi connectivity index (χ1n) is 8.51. The second-order valence-corrected chi connectivity index (χ2v) is 6.94. The lowest BCUT2D eigenvalue weighted by atomic mass is 10.1.